The molecule has 1 atom stereocenters. The van der Waals surface area contributed by atoms with Gasteiger partial charge in [-0.3, -0.25) is 4.84 Å². The monoisotopic (exact) mass is 279 g/mol. The van der Waals surface area contributed by atoms with Crippen molar-refractivity contribution in [2.24, 2.45) is 16.2 Å². The van der Waals surface area contributed by atoms with Crippen LogP contribution in [0.15, 0.2) is 24.3 Å². The Kier molecular flexibility index (Phi) is 1.40. The van der Waals surface area contributed by atoms with Gasteiger partial charge in [-0.15, -0.1) is 0 Å². The van der Waals surface area contributed by atoms with Crippen LogP contribution in [0.25, 0.3) is 0 Å². The van der Waals surface area contributed by atoms with Gasteiger partial charge in [-0.2, -0.15) is 5.06 Å². The van der Waals surface area contributed by atoms with Crippen LogP contribution in [0.3, 0.4) is 0 Å². The summed E-state index contributed by atoms with van der Waals surface area (Å²) in [7, 11) is 0. The fourth-order valence-electron chi connectivity index (χ4n) is 7.28. The van der Waals surface area contributed by atoms with Crippen molar-refractivity contribution in [3.63, 3.8) is 0 Å². The van der Waals surface area contributed by atoms with Crippen LogP contribution >= 0.6 is 0 Å². The van der Waals surface area contributed by atoms with E-state index in [4.69, 9.17) is 4.84 Å². The van der Waals surface area contributed by atoms with Gasteiger partial charge in [-0.25, -0.2) is 0 Å². The molecule has 1 aromatic rings. The summed E-state index contributed by atoms with van der Waals surface area (Å²) in [6.45, 7) is 1.11. The lowest BCUT2D eigenvalue weighted by Gasteiger charge is -2.32. The zero-order valence-corrected chi connectivity index (χ0v) is 12.4. The van der Waals surface area contributed by atoms with Gasteiger partial charge in [0, 0.05) is 22.8 Å². The van der Waals surface area contributed by atoms with Crippen molar-refractivity contribution in [2.45, 2.75) is 56.6 Å². The molecule has 1 saturated heterocycles. The van der Waals surface area contributed by atoms with Crippen LogP contribution in [0.5, 0.6) is 0 Å². The van der Waals surface area contributed by atoms with E-state index in [0.29, 0.717) is 22.3 Å². The molecule has 4 aliphatic carbocycles. The van der Waals surface area contributed by atoms with E-state index in [1.165, 1.54) is 44.9 Å². The fraction of sp³-hybridized carbons (Fsp3) is 0.684. The molecule has 0 amide bonds. The highest BCUT2D eigenvalue weighted by molar-refractivity contribution is 5.54. The summed E-state index contributed by atoms with van der Waals surface area (Å²) < 4.78 is 0. The molecule has 2 heteroatoms. The van der Waals surface area contributed by atoms with Crippen molar-refractivity contribution in [1.29, 1.82) is 0 Å². The molecule has 2 aliphatic heterocycles. The number of rotatable bonds is 0. The minimum atomic E-state index is 0.273. The lowest BCUT2D eigenvalue weighted by Crippen LogP contribution is -2.32. The molecule has 1 unspecified atom stereocenters. The third-order valence-electron chi connectivity index (χ3n) is 8.21. The molecule has 4 saturated carbocycles. The molecule has 0 bridgehead atoms. The average Bonchev–Trinajstić information content (AvgIpc) is 3.33. The number of hydrogen-bond donors (Lipinski definition) is 0. The van der Waals surface area contributed by atoms with Gasteiger partial charge >= 0.3 is 0 Å². The lowest BCUT2D eigenvalue weighted by atomic mass is 9.79. The van der Waals surface area contributed by atoms with E-state index in [1.807, 2.05) is 0 Å². The lowest BCUT2D eigenvalue weighted by molar-refractivity contribution is -0.187. The first-order chi connectivity index (χ1) is 10.3. The van der Waals surface area contributed by atoms with E-state index in [2.05, 4.69) is 29.3 Å². The van der Waals surface area contributed by atoms with Crippen molar-refractivity contribution in [3.05, 3.63) is 35.4 Å². The zero-order chi connectivity index (χ0) is 13.5. The molecule has 0 aromatic heterocycles. The minimum Gasteiger partial charge on any atom is -0.290 e. The quantitative estimate of drug-likeness (QED) is 0.719. The van der Waals surface area contributed by atoms with Crippen LogP contribution in [0, 0.1) is 16.2 Å². The second-order valence-corrected chi connectivity index (χ2v) is 8.58. The maximum Gasteiger partial charge on any atom is 0.110 e. The first-order valence-electron chi connectivity index (χ1n) is 8.84. The Balaban J connectivity index is 1.46. The van der Waals surface area contributed by atoms with Crippen LogP contribution in [0.1, 0.15) is 55.7 Å². The van der Waals surface area contributed by atoms with Crippen molar-refractivity contribution < 1.29 is 4.84 Å². The molecule has 5 fully saturated rings. The topological polar surface area (TPSA) is 12.5 Å². The highest BCUT2D eigenvalue weighted by Crippen LogP contribution is 3.03. The summed E-state index contributed by atoms with van der Waals surface area (Å²) in [5, 5.41) is 2.43. The summed E-state index contributed by atoms with van der Waals surface area (Å²) in [5.41, 5.74) is 5.19. The molecule has 2 heterocycles. The Hall–Kier alpha value is -0.860. The molecular weight excluding hydrogens is 258 g/mol. The predicted octanol–water partition coefficient (Wildman–Crippen LogP) is 3.62. The molecular formula is C19H21NO. The summed E-state index contributed by atoms with van der Waals surface area (Å²) in [5.74, 6) is 0. The molecule has 2 nitrogen and oxygen atoms in total. The Morgan fingerprint density at radius 1 is 0.952 bits per heavy atom. The van der Waals surface area contributed by atoms with Crippen LogP contribution in [0.2, 0.25) is 0 Å². The maximum absolute atomic E-state index is 6.89. The number of fused-ring (bicyclic) bond motifs is 8. The van der Waals surface area contributed by atoms with Crippen LogP contribution in [-0.2, 0) is 11.3 Å². The van der Waals surface area contributed by atoms with Gasteiger partial charge in [0.05, 0.1) is 6.04 Å². The van der Waals surface area contributed by atoms with E-state index in [-0.39, 0.29) is 5.60 Å². The van der Waals surface area contributed by atoms with Gasteiger partial charge in [-0.05, 0) is 56.1 Å². The molecule has 1 aromatic carbocycles. The summed E-state index contributed by atoms with van der Waals surface area (Å²) in [6.07, 6.45) is 9.80. The molecule has 4 spiro atoms. The average molecular weight is 279 g/mol. The van der Waals surface area contributed by atoms with E-state index in [0.717, 1.165) is 6.54 Å². The highest BCUT2D eigenvalue weighted by Gasteiger charge is 3.04. The fourth-order valence-corrected chi connectivity index (χ4v) is 7.28. The Morgan fingerprint density at radius 3 is 2.33 bits per heavy atom. The Morgan fingerprint density at radius 2 is 1.67 bits per heavy atom. The van der Waals surface area contributed by atoms with Gasteiger partial charge in [0.25, 0.3) is 0 Å². The zero-order valence-electron chi connectivity index (χ0n) is 12.4. The van der Waals surface area contributed by atoms with E-state index in [1.54, 1.807) is 11.1 Å². The van der Waals surface area contributed by atoms with Crippen molar-refractivity contribution in [1.82, 2.24) is 5.06 Å². The highest BCUT2D eigenvalue weighted by atomic mass is 16.7. The van der Waals surface area contributed by atoms with Gasteiger partial charge in [0.1, 0.15) is 5.60 Å². The molecule has 7 rings (SSSR count). The van der Waals surface area contributed by atoms with E-state index < -0.39 is 0 Å². The Labute approximate surface area is 125 Å². The first-order valence-corrected chi connectivity index (χ1v) is 8.84. The van der Waals surface area contributed by atoms with Gasteiger partial charge < -0.3 is 0 Å². The second-order valence-electron chi connectivity index (χ2n) is 8.58. The van der Waals surface area contributed by atoms with Gasteiger partial charge in [-0.1, -0.05) is 24.3 Å². The largest absolute Gasteiger partial charge is 0.290 e. The molecule has 0 N–H and O–H groups in total. The minimum absolute atomic E-state index is 0.273. The van der Waals surface area contributed by atoms with E-state index >= 15 is 0 Å². The number of benzene rings is 1. The van der Waals surface area contributed by atoms with Crippen molar-refractivity contribution >= 4 is 0 Å². The SMILES string of the molecule is c1ccc2c(c1)CCN1OC3(C4(CC4)C21)C1(CC1)C31CC1. The predicted molar refractivity (Wildman–Crippen MR) is 78.4 cm³/mol. The number of hydrogen-bond acceptors (Lipinski definition) is 2. The Bertz CT molecular complexity index is 677. The maximum atomic E-state index is 6.89. The number of nitrogens with zero attached hydrogens (tertiary/aromatic N) is 1. The van der Waals surface area contributed by atoms with Gasteiger partial charge in [0.15, 0.2) is 0 Å². The summed E-state index contributed by atoms with van der Waals surface area (Å²) in [6, 6.07) is 9.74. The third kappa shape index (κ3) is 0.813. The third-order valence-corrected chi connectivity index (χ3v) is 8.21. The molecule has 6 aliphatic rings. The molecule has 21 heavy (non-hydrogen) atoms. The molecule has 0 radical (unpaired) electrons. The number of hydroxylamine groups is 2. The van der Waals surface area contributed by atoms with Gasteiger partial charge in [0.2, 0.25) is 0 Å². The van der Waals surface area contributed by atoms with Crippen molar-refractivity contribution in [2.75, 3.05) is 6.54 Å². The molecule has 108 valence electrons. The van der Waals surface area contributed by atoms with Crippen LogP contribution < -0.4 is 0 Å². The van der Waals surface area contributed by atoms with Crippen LogP contribution in [0.4, 0.5) is 0 Å². The summed E-state index contributed by atoms with van der Waals surface area (Å²) in [4.78, 5) is 6.89. The van der Waals surface area contributed by atoms with Crippen molar-refractivity contribution in [3.8, 4) is 0 Å². The van der Waals surface area contributed by atoms with E-state index in [9.17, 15) is 0 Å². The second kappa shape index (κ2) is 2.72. The normalized spacial score (nSPS) is 39.5. The first kappa shape index (κ1) is 10.8. The standard InChI is InChI=1S/C19H21NO/c1-2-4-14-13(3-1)5-12-20-15(14)16(6-7-16)19(21-20)17(8-9-17)18(19)10-11-18/h1-4,15H,5-12H2. The van der Waals surface area contributed by atoms with Crippen LogP contribution in [-0.4, -0.2) is 17.2 Å². The summed E-state index contributed by atoms with van der Waals surface area (Å²) >= 11 is 0. The smallest absolute Gasteiger partial charge is 0.110 e.